The minimum atomic E-state index is -0.231. The highest BCUT2D eigenvalue weighted by atomic mass is 35.5. The number of nitrogens with zero attached hydrogens (tertiary/aromatic N) is 4. The molecule has 4 rings (SSSR count). The van der Waals surface area contributed by atoms with Crippen molar-refractivity contribution in [2.24, 2.45) is 0 Å². The van der Waals surface area contributed by atoms with Gasteiger partial charge < -0.3 is 19.7 Å². The van der Waals surface area contributed by atoms with Gasteiger partial charge in [-0.05, 0) is 79.1 Å². The Balaban J connectivity index is 1.35. The number of nitrogens with one attached hydrogen (secondary N) is 1. The zero-order valence-electron chi connectivity index (χ0n) is 23.8. The number of likely N-dealkylation sites (tertiary alicyclic amines) is 2. The van der Waals surface area contributed by atoms with Crippen molar-refractivity contribution in [3.8, 4) is 0 Å². The summed E-state index contributed by atoms with van der Waals surface area (Å²) in [5, 5.41) is 16.5. The van der Waals surface area contributed by atoms with Crippen molar-refractivity contribution >= 4 is 34.9 Å². The van der Waals surface area contributed by atoms with E-state index in [1.165, 1.54) is 0 Å². The summed E-state index contributed by atoms with van der Waals surface area (Å²) in [4.78, 5) is 38.0. The largest absolute Gasteiger partial charge is 0.617 e. The summed E-state index contributed by atoms with van der Waals surface area (Å²) in [6.45, 7) is 9.97. The van der Waals surface area contributed by atoms with Gasteiger partial charge in [0, 0.05) is 64.4 Å². The highest BCUT2D eigenvalue weighted by Crippen LogP contribution is 2.33. The molecule has 0 aliphatic carbocycles. The van der Waals surface area contributed by atoms with Crippen LogP contribution in [0, 0.1) is 19.1 Å². The highest BCUT2D eigenvalue weighted by molar-refractivity contribution is 7.07. The van der Waals surface area contributed by atoms with Crippen molar-refractivity contribution < 1.29 is 23.9 Å². The lowest BCUT2D eigenvalue weighted by molar-refractivity contribution is -0.610. The number of carbonyl (C=O) groups is 2. The third-order valence-electron chi connectivity index (χ3n) is 8.34. The summed E-state index contributed by atoms with van der Waals surface area (Å²) in [5.74, 6) is -0.111. The van der Waals surface area contributed by atoms with E-state index in [-0.39, 0.29) is 28.7 Å². The molecule has 10 nitrogen and oxygen atoms in total. The topological polar surface area (TPSA) is 101 Å². The number of piperidine rings is 2. The molecular formula is C28H40ClN5O5S. The number of methoxy groups -OCH3 is 1. The molecule has 4 heterocycles. The lowest BCUT2D eigenvalue weighted by Gasteiger charge is -2.50. The lowest BCUT2D eigenvalue weighted by atomic mass is 9.85. The van der Waals surface area contributed by atoms with Gasteiger partial charge in [-0.15, -0.1) is 0 Å². The summed E-state index contributed by atoms with van der Waals surface area (Å²) < 4.78 is 5.61. The number of aromatic nitrogens is 1. The van der Waals surface area contributed by atoms with Gasteiger partial charge >= 0.3 is 6.03 Å². The summed E-state index contributed by atoms with van der Waals surface area (Å²) in [5.41, 5.74) is 5.16. The van der Waals surface area contributed by atoms with E-state index in [0.717, 1.165) is 49.9 Å². The minimum absolute atomic E-state index is 0.0337. The van der Waals surface area contributed by atoms with E-state index >= 15 is 0 Å². The monoisotopic (exact) mass is 593 g/mol. The molecule has 0 spiro atoms. The fourth-order valence-corrected chi connectivity index (χ4v) is 6.76. The number of amides is 3. The first-order valence-electron chi connectivity index (χ1n) is 13.8. The number of urea groups is 1. The van der Waals surface area contributed by atoms with Gasteiger partial charge in [-0.25, -0.2) is 10.3 Å². The molecule has 3 amide bonds. The van der Waals surface area contributed by atoms with Crippen LogP contribution in [0.2, 0.25) is 5.15 Å². The van der Waals surface area contributed by atoms with Crippen LogP contribution in [0.3, 0.4) is 0 Å². The number of thiophene rings is 1. The average Bonchev–Trinajstić information content (AvgIpc) is 3.46. The molecule has 0 radical (unpaired) electrons. The lowest BCUT2D eigenvalue weighted by Crippen LogP contribution is -2.59. The SMILES string of the molecule is COCCONC(=O)N(Cc1ccsc1)C1CCN(C2(C)CCN(C(=O)c3c(C)cc(Cl)[n+]([O-])c3C)CC2)CC1. The average molecular weight is 594 g/mol. The molecule has 0 atom stereocenters. The summed E-state index contributed by atoms with van der Waals surface area (Å²) in [6.07, 6.45) is 3.42. The number of rotatable bonds is 9. The summed E-state index contributed by atoms with van der Waals surface area (Å²) >= 11 is 7.63. The summed E-state index contributed by atoms with van der Waals surface area (Å²) in [6, 6.07) is 3.47. The van der Waals surface area contributed by atoms with Gasteiger partial charge in [-0.2, -0.15) is 16.1 Å². The number of aryl methyl sites for hydroxylation is 1. The molecule has 0 unspecified atom stereocenters. The van der Waals surface area contributed by atoms with Crippen LogP contribution in [0.15, 0.2) is 22.9 Å². The number of hydrogen-bond donors (Lipinski definition) is 1. The molecule has 220 valence electrons. The van der Waals surface area contributed by atoms with Crippen LogP contribution in [0.4, 0.5) is 4.79 Å². The van der Waals surface area contributed by atoms with Gasteiger partial charge in [0.2, 0.25) is 5.69 Å². The number of hydrogen-bond acceptors (Lipinski definition) is 7. The molecule has 1 N–H and O–H groups in total. The van der Waals surface area contributed by atoms with Crippen LogP contribution < -0.4 is 10.2 Å². The fraction of sp³-hybridized carbons (Fsp3) is 0.607. The maximum absolute atomic E-state index is 13.4. The van der Waals surface area contributed by atoms with E-state index in [0.29, 0.717) is 48.8 Å². The minimum Gasteiger partial charge on any atom is -0.617 e. The maximum atomic E-state index is 13.4. The van der Waals surface area contributed by atoms with E-state index in [1.807, 2.05) is 28.2 Å². The van der Waals surface area contributed by atoms with E-state index in [9.17, 15) is 14.8 Å². The first-order chi connectivity index (χ1) is 19.1. The molecule has 2 aromatic heterocycles. The zero-order valence-corrected chi connectivity index (χ0v) is 25.4. The Labute approximate surface area is 245 Å². The maximum Gasteiger partial charge on any atom is 0.341 e. The predicted molar refractivity (Wildman–Crippen MR) is 154 cm³/mol. The van der Waals surface area contributed by atoms with Crippen LogP contribution in [0.5, 0.6) is 0 Å². The third kappa shape index (κ3) is 6.88. The van der Waals surface area contributed by atoms with Crippen molar-refractivity contribution in [2.75, 3.05) is 46.5 Å². The van der Waals surface area contributed by atoms with Crippen LogP contribution in [-0.4, -0.2) is 84.7 Å². The van der Waals surface area contributed by atoms with Crippen molar-refractivity contribution in [1.29, 1.82) is 0 Å². The summed E-state index contributed by atoms with van der Waals surface area (Å²) in [7, 11) is 1.59. The fourth-order valence-electron chi connectivity index (χ4n) is 5.81. The Morgan fingerprint density at radius 2 is 1.93 bits per heavy atom. The van der Waals surface area contributed by atoms with Gasteiger partial charge in [0.1, 0.15) is 5.56 Å². The Morgan fingerprint density at radius 3 is 2.55 bits per heavy atom. The normalized spacial score (nSPS) is 18.1. The van der Waals surface area contributed by atoms with E-state index in [4.69, 9.17) is 21.2 Å². The smallest absolute Gasteiger partial charge is 0.341 e. The standard InChI is InChI=1S/C28H40ClN5O5S/c1-20-17-24(29)34(37)21(2)25(20)26(35)31-12-8-28(3,9-13-31)32-10-5-23(6-11-32)33(18-22-7-16-40-19-22)27(36)30-39-15-14-38-4/h7,16-17,19,23H,5-6,8-15,18H2,1-4H3,(H,30,36). The first kappa shape index (κ1) is 30.5. The predicted octanol–water partition coefficient (Wildman–Crippen LogP) is 3.90. The quantitative estimate of drug-likeness (QED) is 0.156. The van der Waals surface area contributed by atoms with Crippen LogP contribution in [-0.2, 0) is 16.1 Å². The molecular weight excluding hydrogens is 554 g/mol. The zero-order chi connectivity index (χ0) is 28.9. The Bertz CT molecular complexity index is 1160. The van der Waals surface area contributed by atoms with Gasteiger partial charge in [0.25, 0.3) is 11.1 Å². The van der Waals surface area contributed by atoms with Crippen LogP contribution >= 0.6 is 22.9 Å². The molecule has 0 saturated carbocycles. The molecule has 2 saturated heterocycles. The Morgan fingerprint density at radius 1 is 1.23 bits per heavy atom. The molecule has 2 aliphatic heterocycles. The van der Waals surface area contributed by atoms with Crippen molar-refractivity contribution in [1.82, 2.24) is 20.2 Å². The van der Waals surface area contributed by atoms with Crippen molar-refractivity contribution in [3.05, 3.63) is 55.6 Å². The van der Waals surface area contributed by atoms with E-state index in [2.05, 4.69) is 22.7 Å². The van der Waals surface area contributed by atoms with Gasteiger partial charge in [0.05, 0.1) is 13.2 Å². The van der Waals surface area contributed by atoms with Crippen LogP contribution in [0.25, 0.3) is 0 Å². The second kappa shape index (κ2) is 13.5. The molecule has 12 heteroatoms. The molecule has 0 bridgehead atoms. The van der Waals surface area contributed by atoms with Gasteiger partial charge in [0.15, 0.2) is 0 Å². The first-order valence-corrected chi connectivity index (χ1v) is 15.1. The van der Waals surface area contributed by atoms with Gasteiger partial charge in [-0.1, -0.05) is 0 Å². The number of halogens is 1. The van der Waals surface area contributed by atoms with Gasteiger partial charge in [-0.3, -0.25) is 14.5 Å². The van der Waals surface area contributed by atoms with Crippen LogP contribution in [0.1, 0.15) is 59.8 Å². The third-order valence-corrected chi connectivity index (χ3v) is 9.34. The number of hydroxylamine groups is 1. The van der Waals surface area contributed by atoms with Crippen molar-refractivity contribution in [3.63, 3.8) is 0 Å². The van der Waals surface area contributed by atoms with Crippen molar-refractivity contribution in [2.45, 2.75) is 64.6 Å². The highest BCUT2D eigenvalue weighted by Gasteiger charge is 2.40. The van der Waals surface area contributed by atoms with E-state index < -0.39 is 0 Å². The Hall–Kier alpha value is -2.44. The molecule has 2 aromatic rings. The number of pyridine rings is 1. The Kier molecular flexibility index (Phi) is 10.3. The number of carbonyl (C=O) groups excluding carboxylic acids is 2. The molecule has 2 aliphatic rings. The molecule has 0 aromatic carbocycles. The second-order valence-electron chi connectivity index (χ2n) is 10.9. The molecule has 2 fully saturated rings. The van der Waals surface area contributed by atoms with E-state index in [1.54, 1.807) is 31.4 Å². The molecule has 40 heavy (non-hydrogen) atoms. The second-order valence-corrected chi connectivity index (χ2v) is 12.1. The number of ether oxygens (including phenoxy) is 1.